The minimum absolute atomic E-state index is 0.105. The summed E-state index contributed by atoms with van der Waals surface area (Å²) in [6.45, 7) is 0.535. The van der Waals surface area contributed by atoms with E-state index in [0.29, 0.717) is 11.4 Å². The maximum absolute atomic E-state index is 13.8. The highest BCUT2D eigenvalue weighted by Gasteiger charge is 2.31. The molecule has 1 unspecified atom stereocenters. The van der Waals surface area contributed by atoms with Crippen LogP contribution < -0.4 is 10.1 Å². The van der Waals surface area contributed by atoms with Gasteiger partial charge in [-0.05, 0) is 46.9 Å². The minimum Gasteiger partial charge on any atom is -0.497 e. The molecule has 0 fully saturated rings. The molecule has 0 saturated heterocycles. The molecular formula is C32H31ClN2O3. The average molecular weight is 527 g/mol. The van der Waals surface area contributed by atoms with E-state index in [2.05, 4.69) is 5.32 Å². The van der Waals surface area contributed by atoms with Crippen molar-refractivity contribution in [1.29, 1.82) is 0 Å². The predicted molar refractivity (Wildman–Crippen MR) is 151 cm³/mol. The van der Waals surface area contributed by atoms with Crippen LogP contribution in [0.25, 0.3) is 0 Å². The minimum atomic E-state index is -0.816. The van der Waals surface area contributed by atoms with Crippen molar-refractivity contribution in [2.75, 3.05) is 7.11 Å². The van der Waals surface area contributed by atoms with Gasteiger partial charge in [-0.25, -0.2) is 0 Å². The Morgan fingerprint density at radius 3 is 2.11 bits per heavy atom. The van der Waals surface area contributed by atoms with E-state index in [1.807, 2.05) is 103 Å². The van der Waals surface area contributed by atoms with E-state index in [9.17, 15) is 9.59 Å². The smallest absolute Gasteiger partial charge is 0.247 e. The van der Waals surface area contributed by atoms with Gasteiger partial charge in [0.2, 0.25) is 11.8 Å². The van der Waals surface area contributed by atoms with Crippen molar-refractivity contribution in [3.8, 4) is 5.75 Å². The van der Waals surface area contributed by atoms with Gasteiger partial charge in [0.1, 0.15) is 11.8 Å². The monoisotopic (exact) mass is 526 g/mol. The first-order valence-corrected chi connectivity index (χ1v) is 13.0. The maximum Gasteiger partial charge on any atom is 0.247 e. The fourth-order valence-electron chi connectivity index (χ4n) is 4.32. The summed E-state index contributed by atoms with van der Waals surface area (Å²) in [5.74, 6) is 0.358. The Kier molecular flexibility index (Phi) is 9.54. The molecule has 2 amide bonds. The standard InChI is InChI=1S/C32H31ClN2O3/c1-38-28-19-16-25(17-20-28)23-35(30(36)21-18-24-10-4-2-5-11-24)31(26-12-6-3-7-13-26)32(37)34-22-27-14-8-9-15-29(27)33/h2-17,19-20,31H,18,21-23H2,1H3,(H,34,37). The first-order valence-electron chi connectivity index (χ1n) is 12.6. The molecule has 0 aliphatic rings. The largest absolute Gasteiger partial charge is 0.497 e. The van der Waals surface area contributed by atoms with E-state index in [1.54, 1.807) is 18.1 Å². The van der Waals surface area contributed by atoms with Crippen molar-refractivity contribution in [2.24, 2.45) is 0 Å². The van der Waals surface area contributed by atoms with Crippen molar-refractivity contribution in [3.05, 3.63) is 136 Å². The van der Waals surface area contributed by atoms with Crippen molar-refractivity contribution < 1.29 is 14.3 Å². The number of halogens is 1. The van der Waals surface area contributed by atoms with Gasteiger partial charge in [0.05, 0.1) is 7.11 Å². The highest BCUT2D eigenvalue weighted by Crippen LogP contribution is 2.26. The molecule has 0 aromatic heterocycles. The molecule has 38 heavy (non-hydrogen) atoms. The number of benzene rings is 4. The lowest BCUT2D eigenvalue weighted by atomic mass is 10.0. The SMILES string of the molecule is COc1ccc(CN(C(=O)CCc2ccccc2)C(C(=O)NCc2ccccc2Cl)c2ccccc2)cc1. The molecule has 0 bridgehead atoms. The van der Waals surface area contributed by atoms with Crippen LogP contribution in [0.3, 0.4) is 0 Å². The highest BCUT2D eigenvalue weighted by molar-refractivity contribution is 6.31. The third-order valence-electron chi connectivity index (χ3n) is 6.39. The fraction of sp³-hybridized carbons (Fsp3) is 0.188. The first kappa shape index (κ1) is 27.0. The van der Waals surface area contributed by atoms with Crippen LogP contribution in [0.1, 0.15) is 34.7 Å². The second kappa shape index (κ2) is 13.5. The summed E-state index contributed by atoms with van der Waals surface area (Å²) >= 11 is 6.32. The molecule has 6 heteroatoms. The van der Waals surface area contributed by atoms with Crippen LogP contribution in [0.15, 0.2) is 109 Å². The first-order chi connectivity index (χ1) is 18.5. The molecule has 194 valence electrons. The molecule has 4 rings (SSSR count). The lowest BCUT2D eigenvalue weighted by Crippen LogP contribution is -2.43. The van der Waals surface area contributed by atoms with Gasteiger partial charge in [-0.1, -0.05) is 103 Å². The van der Waals surface area contributed by atoms with Gasteiger partial charge < -0.3 is 15.0 Å². The van der Waals surface area contributed by atoms with E-state index >= 15 is 0 Å². The van der Waals surface area contributed by atoms with Gasteiger partial charge >= 0.3 is 0 Å². The van der Waals surface area contributed by atoms with Gasteiger partial charge in [0.25, 0.3) is 0 Å². The van der Waals surface area contributed by atoms with Crippen LogP contribution in [-0.4, -0.2) is 23.8 Å². The molecule has 0 aliphatic heterocycles. The van der Waals surface area contributed by atoms with Crippen LogP contribution >= 0.6 is 11.6 Å². The third kappa shape index (κ3) is 7.24. The second-order valence-corrected chi connectivity index (χ2v) is 9.38. The third-order valence-corrected chi connectivity index (χ3v) is 6.76. The Hall–Kier alpha value is -4.09. The second-order valence-electron chi connectivity index (χ2n) is 8.98. The molecule has 4 aromatic carbocycles. The fourth-order valence-corrected chi connectivity index (χ4v) is 4.52. The molecule has 1 N–H and O–H groups in total. The summed E-state index contributed by atoms with van der Waals surface area (Å²) in [5, 5.41) is 3.60. The number of carbonyl (C=O) groups is 2. The van der Waals surface area contributed by atoms with E-state index < -0.39 is 6.04 Å². The summed E-state index contributed by atoms with van der Waals surface area (Å²) in [6, 6.07) is 33.4. The van der Waals surface area contributed by atoms with Gasteiger partial charge in [-0.2, -0.15) is 0 Å². The Labute approximate surface area is 229 Å². The quantitative estimate of drug-likeness (QED) is 0.247. The normalized spacial score (nSPS) is 11.4. The molecule has 0 radical (unpaired) electrons. The molecule has 0 saturated carbocycles. The predicted octanol–water partition coefficient (Wildman–Crippen LogP) is 6.37. The number of rotatable bonds is 11. The number of nitrogens with one attached hydrogen (secondary N) is 1. The maximum atomic E-state index is 13.8. The zero-order valence-corrected chi connectivity index (χ0v) is 22.1. The Morgan fingerprint density at radius 2 is 1.45 bits per heavy atom. The number of amides is 2. The molecule has 0 aliphatic carbocycles. The number of carbonyl (C=O) groups excluding carboxylic acids is 2. The molecule has 1 atom stereocenters. The van der Waals surface area contributed by atoms with E-state index in [1.165, 1.54) is 0 Å². The van der Waals surface area contributed by atoms with Crippen LogP contribution in [0.4, 0.5) is 0 Å². The molecule has 0 spiro atoms. The summed E-state index contributed by atoms with van der Waals surface area (Å²) in [6.07, 6.45) is 0.864. The number of hydrogen-bond acceptors (Lipinski definition) is 3. The van der Waals surface area contributed by atoms with E-state index in [0.717, 1.165) is 28.0 Å². The van der Waals surface area contributed by atoms with Crippen molar-refractivity contribution in [1.82, 2.24) is 10.2 Å². The summed E-state index contributed by atoms with van der Waals surface area (Å²) in [5.41, 5.74) is 3.53. The Balaban J connectivity index is 1.64. The van der Waals surface area contributed by atoms with E-state index in [-0.39, 0.29) is 31.3 Å². The van der Waals surface area contributed by atoms with Gasteiger partial charge in [0.15, 0.2) is 0 Å². The summed E-state index contributed by atoms with van der Waals surface area (Å²) in [7, 11) is 1.61. The average Bonchev–Trinajstić information content (AvgIpc) is 2.96. The molecule has 5 nitrogen and oxygen atoms in total. The molecular weight excluding hydrogens is 496 g/mol. The topological polar surface area (TPSA) is 58.6 Å². The summed E-state index contributed by atoms with van der Waals surface area (Å²) < 4.78 is 5.29. The Morgan fingerprint density at radius 1 is 0.816 bits per heavy atom. The van der Waals surface area contributed by atoms with Crippen LogP contribution in [0, 0.1) is 0 Å². The van der Waals surface area contributed by atoms with Crippen LogP contribution in [0.5, 0.6) is 5.75 Å². The zero-order valence-electron chi connectivity index (χ0n) is 21.3. The Bertz CT molecular complexity index is 1330. The van der Waals surface area contributed by atoms with Gasteiger partial charge in [-0.3, -0.25) is 9.59 Å². The number of nitrogens with zero attached hydrogens (tertiary/aromatic N) is 1. The lowest BCUT2D eigenvalue weighted by Gasteiger charge is -2.32. The van der Waals surface area contributed by atoms with Crippen LogP contribution in [0.2, 0.25) is 5.02 Å². The zero-order chi connectivity index (χ0) is 26.7. The number of methoxy groups -OCH3 is 1. The van der Waals surface area contributed by atoms with Gasteiger partial charge in [-0.15, -0.1) is 0 Å². The number of ether oxygens (including phenoxy) is 1. The number of aryl methyl sites for hydroxylation is 1. The van der Waals surface area contributed by atoms with Crippen molar-refractivity contribution >= 4 is 23.4 Å². The number of hydrogen-bond donors (Lipinski definition) is 1. The summed E-state index contributed by atoms with van der Waals surface area (Å²) in [4.78, 5) is 29.2. The van der Waals surface area contributed by atoms with Gasteiger partial charge in [0, 0.05) is 24.5 Å². The molecule has 4 aromatic rings. The lowest BCUT2D eigenvalue weighted by molar-refractivity contribution is -0.141. The van der Waals surface area contributed by atoms with Crippen LogP contribution in [-0.2, 0) is 29.1 Å². The van der Waals surface area contributed by atoms with E-state index in [4.69, 9.17) is 16.3 Å². The molecule has 0 heterocycles. The van der Waals surface area contributed by atoms with Crippen molar-refractivity contribution in [2.45, 2.75) is 32.0 Å². The highest BCUT2D eigenvalue weighted by atomic mass is 35.5. The van der Waals surface area contributed by atoms with Crippen molar-refractivity contribution in [3.63, 3.8) is 0 Å².